The van der Waals surface area contributed by atoms with Crippen molar-refractivity contribution >= 4 is 5.69 Å². The highest BCUT2D eigenvalue weighted by atomic mass is 16.3. The molecule has 0 radical (unpaired) electrons. The topological polar surface area (TPSA) is 23.5 Å². The summed E-state index contributed by atoms with van der Waals surface area (Å²) in [5.41, 5.74) is 4.85. The van der Waals surface area contributed by atoms with Crippen molar-refractivity contribution in [2.45, 2.75) is 26.0 Å². The average Bonchev–Trinajstić information content (AvgIpc) is 2.42. The summed E-state index contributed by atoms with van der Waals surface area (Å²) in [4.78, 5) is 2.36. The van der Waals surface area contributed by atoms with Gasteiger partial charge in [0.1, 0.15) is 0 Å². The molecular weight excluding hydrogens is 234 g/mol. The molecule has 0 saturated carbocycles. The summed E-state index contributed by atoms with van der Waals surface area (Å²) in [7, 11) is 0. The van der Waals surface area contributed by atoms with E-state index in [4.69, 9.17) is 0 Å². The minimum absolute atomic E-state index is 0.315. The van der Waals surface area contributed by atoms with Gasteiger partial charge in [0.15, 0.2) is 0 Å². The number of para-hydroxylation sites is 1. The van der Waals surface area contributed by atoms with E-state index in [1.807, 2.05) is 18.2 Å². The van der Waals surface area contributed by atoms with Crippen molar-refractivity contribution in [3.8, 4) is 0 Å². The number of fused-ring (bicyclic) bond motifs is 1. The molecule has 2 aromatic carbocycles. The van der Waals surface area contributed by atoms with Gasteiger partial charge in [0.05, 0.1) is 6.10 Å². The molecule has 0 amide bonds. The molecule has 1 unspecified atom stereocenters. The van der Waals surface area contributed by atoms with Crippen LogP contribution in [0, 0.1) is 6.92 Å². The van der Waals surface area contributed by atoms with Crippen molar-refractivity contribution in [3.63, 3.8) is 0 Å². The van der Waals surface area contributed by atoms with E-state index in [0.717, 1.165) is 25.1 Å². The van der Waals surface area contributed by atoms with Crippen molar-refractivity contribution in [2.24, 2.45) is 0 Å². The second-order valence-electron chi connectivity index (χ2n) is 5.27. The molecule has 1 aliphatic rings. The van der Waals surface area contributed by atoms with Gasteiger partial charge in [-0.15, -0.1) is 0 Å². The number of hydrogen-bond acceptors (Lipinski definition) is 2. The van der Waals surface area contributed by atoms with E-state index in [0.29, 0.717) is 0 Å². The molecule has 0 aromatic heterocycles. The first-order chi connectivity index (χ1) is 9.24. The Balaban J connectivity index is 1.89. The Morgan fingerprint density at radius 1 is 1.16 bits per heavy atom. The SMILES string of the molecule is Cc1cccc(CN2CCC(O)c3ccccc32)c1. The zero-order chi connectivity index (χ0) is 13.2. The first-order valence-corrected chi connectivity index (χ1v) is 6.81. The third-order valence-corrected chi connectivity index (χ3v) is 3.76. The van der Waals surface area contributed by atoms with Crippen LogP contribution in [0.5, 0.6) is 0 Å². The Labute approximate surface area is 114 Å². The van der Waals surface area contributed by atoms with E-state index in [1.165, 1.54) is 16.8 Å². The minimum atomic E-state index is -0.315. The molecule has 0 saturated heterocycles. The maximum Gasteiger partial charge on any atom is 0.0826 e. The average molecular weight is 253 g/mol. The quantitative estimate of drug-likeness (QED) is 0.886. The standard InChI is InChI=1S/C17H19NO/c1-13-5-4-6-14(11-13)12-18-10-9-17(19)15-7-2-3-8-16(15)18/h2-8,11,17,19H,9-10,12H2,1H3. The van der Waals surface area contributed by atoms with E-state index in [1.54, 1.807) is 0 Å². The van der Waals surface area contributed by atoms with Gasteiger partial charge in [-0.25, -0.2) is 0 Å². The molecule has 0 bridgehead atoms. The van der Waals surface area contributed by atoms with E-state index in [9.17, 15) is 5.11 Å². The lowest BCUT2D eigenvalue weighted by Crippen LogP contribution is -2.30. The molecule has 1 aliphatic heterocycles. The van der Waals surface area contributed by atoms with Crippen LogP contribution in [-0.2, 0) is 6.54 Å². The summed E-state index contributed by atoms with van der Waals surface area (Å²) < 4.78 is 0. The summed E-state index contributed by atoms with van der Waals surface area (Å²) in [6, 6.07) is 16.8. The van der Waals surface area contributed by atoms with Crippen LogP contribution < -0.4 is 4.90 Å². The van der Waals surface area contributed by atoms with Crippen LogP contribution in [0.4, 0.5) is 5.69 Å². The molecule has 2 aromatic rings. The number of rotatable bonds is 2. The van der Waals surface area contributed by atoms with Crippen molar-refractivity contribution in [1.29, 1.82) is 0 Å². The van der Waals surface area contributed by atoms with Crippen LogP contribution in [0.2, 0.25) is 0 Å². The number of nitrogens with zero attached hydrogens (tertiary/aromatic N) is 1. The fraction of sp³-hybridized carbons (Fsp3) is 0.294. The Kier molecular flexibility index (Phi) is 3.26. The van der Waals surface area contributed by atoms with Crippen molar-refractivity contribution < 1.29 is 5.11 Å². The van der Waals surface area contributed by atoms with Crippen molar-refractivity contribution in [1.82, 2.24) is 0 Å². The highest BCUT2D eigenvalue weighted by Gasteiger charge is 2.22. The van der Waals surface area contributed by atoms with Crippen LogP contribution in [0.15, 0.2) is 48.5 Å². The minimum Gasteiger partial charge on any atom is -0.388 e. The van der Waals surface area contributed by atoms with E-state index < -0.39 is 0 Å². The van der Waals surface area contributed by atoms with Crippen molar-refractivity contribution in [3.05, 3.63) is 65.2 Å². The van der Waals surface area contributed by atoms with Gasteiger partial charge in [0.25, 0.3) is 0 Å². The molecule has 1 N–H and O–H groups in total. The Hall–Kier alpha value is -1.80. The molecule has 19 heavy (non-hydrogen) atoms. The molecule has 98 valence electrons. The normalized spacial score (nSPS) is 18.2. The zero-order valence-corrected chi connectivity index (χ0v) is 11.2. The predicted octanol–water partition coefficient (Wildman–Crippen LogP) is 3.44. The van der Waals surface area contributed by atoms with Gasteiger partial charge in [-0.3, -0.25) is 0 Å². The molecule has 0 spiro atoms. The van der Waals surface area contributed by atoms with Crippen molar-refractivity contribution in [2.75, 3.05) is 11.4 Å². The number of benzene rings is 2. The summed E-state index contributed by atoms with van der Waals surface area (Å²) >= 11 is 0. The van der Waals surface area contributed by atoms with Gasteiger partial charge in [0, 0.05) is 24.3 Å². The maximum absolute atomic E-state index is 10.1. The van der Waals surface area contributed by atoms with E-state index in [-0.39, 0.29) is 6.10 Å². The zero-order valence-electron chi connectivity index (χ0n) is 11.2. The van der Waals surface area contributed by atoms with Gasteiger partial charge in [-0.05, 0) is 25.0 Å². The molecule has 0 aliphatic carbocycles. The predicted molar refractivity (Wildman–Crippen MR) is 78.2 cm³/mol. The van der Waals surface area contributed by atoms with Crippen LogP contribution in [0.3, 0.4) is 0 Å². The molecule has 3 rings (SSSR count). The first-order valence-electron chi connectivity index (χ1n) is 6.81. The Bertz CT molecular complexity index is 579. The molecule has 2 nitrogen and oxygen atoms in total. The maximum atomic E-state index is 10.1. The monoisotopic (exact) mass is 253 g/mol. The van der Waals surface area contributed by atoms with Gasteiger partial charge in [-0.1, -0.05) is 48.0 Å². The van der Waals surface area contributed by atoms with Gasteiger partial charge < -0.3 is 10.0 Å². The second kappa shape index (κ2) is 5.06. The van der Waals surface area contributed by atoms with Crippen LogP contribution in [0.25, 0.3) is 0 Å². The second-order valence-corrected chi connectivity index (χ2v) is 5.27. The number of aliphatic hydroxyl groups excluding tert-OH is 1. The molecule has 1 atom stereocenters. The molecule has 2 heteroatoms. The molecule has 0 fully saturated rings. The Morgan fingerprint density at radius 2 is 2.00 bits per heavy atom. The van der Waals surface area contributed by atoms with Crippen LogP contribution in [0.1, 0.15) is 29.2 Å². The smallest absolute Gasteiger partial charge is 0.0826 e. The number of aliphatic hydroxyl groups is 1. The van der Waals surface area contributed by atoms with E-state index >= 15 is 0 Å². The summed E-state index contributed by atoms with van der Waals surface area (Å²) in [5.74, 6) is 0. The highest BCUT2D eigenvalue weighted by Crippen LogP contribution is 2.34. The van der Waals surface area contributed by atoms with Gasteiger partial charge in [-0.2, -0.15) is 0 Å². The fourth-order valence-corrected chi connectivity index (χ4v) is 2.81. The third-order valence-electron chi connectivity index (χ3n) is 3.76. The van der Waals surface area contributed by atoms with Crippen LogP contribution in [-0.4, -0.2) is 11.7 Å². The Morgan fingerprint density at radius 3 is 2.84 bits per heavy atom. The lowest BCUT2D eigenvalue weighted by molar-refractivity contribution is 0.164. The third kappa shape index (κ3) is 2.49. The summed E-state index contributed by atoms with van der Waals surface area (Å²) in [6.07, 6.45) is 0.494. The number of anilines is 1. The number of aryl methyl sites for hydroxylation is 1. The summed E-state index contributed by atoms with van der Waals surface area (Å²) in [6.45, 7) is 3.94. The van der Waals surface area contributed by atoms with Gasteiger partial charge >= 0.3 is 0 Å². The van der Waals surface area contributed by atoms with Gasteiger partial charge in [0.2, 0.25) is 0 Å². The lowest BCUT2D eigenvalue weighted by atomic mass is 9.98. The lowest BCUT2D eigenvalue weighted by Gasteiger charge is -2.34. The van der Waals surface area contributed by atoms with E-state index in [2.05, 4.69) is 42.2 Å². The first kappa shape index (κ1) is 12.2. The molecule has 1 heterocycles. The fourth-order valence-electron chi connectivity index (χ4n) is 2.81. The number of hydrogen-bond donors (Lipinski definition) is 1. The largest absolute Gasteiger partial charge is 0.388 e. The highest BCUT2D eigenvalue weighted by molar-refractivity contribution is 5.56. The van der Waals surface area contributed by atoms with Crippen LogP contribution >= 0.6 is 0 Å². The summed E-state index contributed by atoms with van der Waals surface area (Å²) in [5, 5.41) is 10.1. The molecular formula is C17H19NO.